The summed E-state index contributed by atoms with van der Waals surface area (Å²) in [4.78, 5) is 26.0. The van der Waals surface area contributed by atoms with Gasteiger partial charge < -0.3 is 19.8 Å². The summed E-state index contributed by atoms with van der Waals surface area (Å²) in [5.74, 6) is -0.827. The summed E-state index contributed by atoms with van der Waals surface area (Å²) in [5.41, 5.74) is -1.73. The maximum Gasteiger partial charge on any atom is 0.419 e. The average molecular weight is 521 g/mol. The lowest BCUT2D eigenvalue weighted by atomic mass is 10.00. The van der Waals surface area contributed by atoms with E-state index in [1.165, 1.54) is 10.6 Å². The number of aromatic nitrogens is 2. The van der Waals surface area contributed by atoms with Crippen molar-refractivity contribution in [3.05, 3.63) is 58.4 Å². The maximum atomic E-state index is 14.0. The van der Waals surface area contributed by atoms with Gasteiger partial charge in [0.25, 0.3) is 5.56 Å². The number of hydrogen-bond acceptors (Lipinski definition) is 4. The Balaban J connectivity index is 1.55. The molecule has 1 saturated carbocycles. The highest BCUT2D eigenvalue weighted by molar-refractivity contribution is 5.77. The Morgan fingerprint density at radius 1 is 1.27 bits per heavy atom. The zero-order chi connectivity index (χ0) is 26.5. The van der Waals surface area contributed by atoms with Crippen molar-refractivity contribution in [3.8, 4) is 17.0 Å². The molecular weight excluding hydrogens is 492 g/mol. The molecule has 2 aliphatic rings. The first kappa shape index (κ1) is 25.3. The fraction of sp³-hybridized carbons (Fsp3) is 0.462. The number of alkyl halides is 3. The number of rotatable bonds is 7. The molecule has 2 aromatic heterocycles. The predicted octanol–water partition coefficient (Wildman–Crippen LogP) is 3.83. The highest BCUT2D eigenvalue weighted by atomic mass is 19.4. The molecule has 1 saturated heterocycles. The Labute approximate surface area is 210 Å². The first-order valence-electron chi connectivity index (χ1n) is 12.2. The zero-order valence-electron chi connectivity index (χ0n) is 20.5. The number of ether oxygens (including phenoxy) is 1. The first-order chi connectivity index (χ1) is 17.5. The van der Waals surface area contributed by atoms with Crippen LogP contribution in [-0.4, -0.2) is 40.6 Å². The largest absolute Gasteiger partial charge is 0.491 e. The van der Waals surface area contributed by atoms with Gasteiger partial charge in [-0.3, -0.25) is 14.2 Å². The second kappa shape index (κ2) is 9.20. The van der Waals surface area contributed by atoms with E-state index in [0.29, 0.717) is 30.4 Å². The number of amides is 1. The van der Waals surface area contributed by atoms with Crippen molar-refractivity contribution >= 4 is 11.4 Å². The Hall–Kier alpha value is -3.34. The van der Waals surface area contributed by atoms with Crippen LogP contribution in [-0.2, 0) is 17.5 Å². The maximum absolute atomic E-state index is 14.0. The summed E-state index contributed by atoms with van der Waals surface area (Å²) >= 11 is 0. The van der Waals surface area contributed by atoms with E-state index in [0.717, 1.165) is 36.6 Å². The number of benzene rings is 1. The van der Waals surface area contributed by atoms with Gasteiger partial charge in [0.15, 0.2) is 0 Å². The second-order valence-electron chi connectivity index (χ2n) is 10.3. The molecule has 7 nitrogen and oxygen atoms in total. The van der Waals surface area contributed by atoms with Gasteiger partial charge in [-0.25, -0.2) is 4.39 Å². The van der Waals surface area contributed by atoms with Crippen molar-refractivity contribution in [1.29, 1.82) is 0 Å². The number of nitrogens with zero attached hydrogens (tertiary/aromatic N) is 2. The first-order valence-corrected chi connectivity index (χ1v) is 12.2. The Bertz CT molecular complexity index is 1410. The minimum absolute atomic E-state index is 0.0430. The summed E-state index contributed by atoms with van der Waals surface area (Å²) in [5, 5.41) is 6.07. The molecule has 198 valence electrons. The molecular formula is C26H28F4N4O3. The van der Waals surface area contributed by atoms with E-state index < -0.39 is 35.6 Å². The van der Waals surface area contributed by atoms with Crippen molar-refractivity contribution in [2.24, 2.45) is 11.3 Å². The van der Waals surface area contributed by atoms with Crippen molar-refractivity contribution in [2.75, 3.05) is 19.7 Å². The highest BCUT2D eigenvalue weighted by Gasteiger charge is 2.55. The van der Waals surface area contributed by atoms with Crippen LogP contribution in [0.25, 0.3) is 16.8 Å². The Morgan fingerprint density at radius 3 is 2.76 bits per heavy atom. The lowest BCUT2D eigenvalue weighted by Gasteiger charge is -2.22. The Morgan fingerprint density at radius 2 is 2.05 bits per heavy atom. The van der Waals surface area contributed by atoms with E-state index in [1.54, 1.807) is 26.1 Å². The SMILES string of the molecule is CC(C)NC(=O)Cn1c(-c2ccc(F)c(C(F)(F)F)c2)cn2cc(OCC34CNCCC3C4)cc2c1=O. The molecule has 11 heteroatoms. The van der Waals surface area contributed by atoms with Gasteiger partial charge >= 0.3 is 6.18 Å². The number of piperidine rings is 1. The fourth-order valence-electron chi connectivity index (χ4n) is 5.19. The summed E-state index contributed by atoms with van der Waals surface area (Å²) in [6.45, 7) is 5.45. The molecule has 1 aliphatic carbocycles. The smallest absolute Gasteiger partial charge is 0.419 e. The number of carbonyl (C=O) groups excluding carboxylic acids is 1. The molecule has 3 heterocycles. The summed E-state index contributed by atoms with van der Waals surface area (Å²) < 4.78 is 62.8. The normalized spacial score (nSPS) is 21.2. The van der Waals surface area contributed by atoms with Crippen LogP contribution in [0.4, 0.5) is 17.6 Å². The van der Waals surface area contributed by atoms with Crippen molar-refractivity contribution in [3.63, 3.8) is 0 Å². The minimum atomic E-state index is -4.92. The number of nitrogens with one attached hydrogen (secondary N) is 2. The molecule has 2 unspecified atom stereocenters. The van der Waals surface area contributed by atoms with Crippen LogP contribution in [0.3, 0.4) is 0 Å². The Kier molecular flexibility index (Phi) is 6.29. The van der Waals surface area contributed by atoms with Gasteiger partial charge in [-0.1, -0.05) is 0 Å². The van der Waals surface area contributed by atoms with Gasteiger partial charge in [-0.05, 0) is 57.4 Å². The molecule has 3 aromatic rings. The van der Waals surface area contributed by atoms with Gasteiger partial charge in [0, 0.05) is 35.8 Å². The third-order valence-electron chi connectivity index (χ3n) is 7.19. The minimum Gasteiger partial charge on any atom is -0.491 e. The van der Waals surface area contributed by atoms with E-state index in [-0.39, 0.29) is 28.2 Å². The molecule has 0 spiro atoms. The van der Waals surface area contributed by atoms with Crippen LogP contribution in [0.5, 0.6) is 5.75 Å². The summed E-state index contributed by atoms with van der Waals surface area (Å²) in [6, 6.07) is 3.88. The lowest BCUT2D eigenvalue weighted by molar-refractivity contribution is -0.140. The number of carbonyl (C=O) groups is 1. The molecule has 1 amide bonds. The standard InChI is InChI=1S/C26H28F4N4O3/c1-15(2)32-23(35)12-34-22(16-3-4-20(27)19(7-16)26(28,29)30)11-33-10-18(8-21(33)24(34)36)37-14-25-9-17(25)5-6-31-13-25/h3-4,7-8,10-11,15,17,31H,5-6,9,12-14H2,1-2H3,(H,32,35). The van der Waals surface area contributed by atoms with Crippen LogP contribution in [0.1, 0.15) is 32.3 Å². The average Bonchev–Trinajstić information content (AvgIpc) is 3.41. The molecule has 37 heavy (non-hydrogen) atoms. The molecule has 2 N–H and O–H groups in total. The molecule has 5 rings (SSSR count). The fourth-order valence-corrected chi connectivity index (χ4v) is 5.19. The van der Waals surface area contributed by atoms with Crippen LogP contribution in [0.15, 0.2) is 41.5 Å². The van der Waals surface area contributed by atoms with Crippen LogP contribution in [0.2, 0.25) is 0 Å². The van der Waals surface area contributed by atoms with Crippen molar-refractivity contribution in [1.82, 2.24) is 19.6 Å². The van der Waals surface area contributed by atoms with Crippen molar-refractivity contribution < 1.29 is 27.1 Å². The molecule has 2 fully saturated rings. The van der Waals surface area contributed by atoms with Gasteiger partial charge in [0.1, 0.15) is 23.6 Å². The number of halogens is 4. The van der Waals surface area contributed by atoms with E-state index >= 15 is 0 Å². The molecule has 0 radical (unpaired) electrons. The quantitative estimate of drug-likeness (QED) is 0.465. The van der Waals surface area contributed by atoms with E-state index in [4.69, 9.17) is 4.74 Å². The molecule has 0 bridgehead atoms. The third kappa shape index (κ3) is 4.96. The van der Waals surface area contributed by atoms with Gasteiger partial charge in [-0.2, -0.15) is 13.2 Å². The van der Waals surface area contributed by atoms with E-state index in [9.17, 15) is 27.2 Å². The molecule has 1 aliphatic heterocycles. The van der Waals surface area contributed by atoms with Crippen molar-refractivity contribution in [2.45, 2.75) is 45.5 Å². The van der Waals surface area contributed by atoms with Gasteiger partial charge in [-0.15, -0.1) is 0 Å². The summed E-state index contributed by atoms with van der Waals surface area (Å²) in [6.07, 6.45) is 0.316. The second-order valence-corrected chi connectivity index (χ2v) is 10.3. The van der Waals surface area contributed by atoms with Gasteiger partial charge in [0.05, 0.1) is 24.1 Å². The van der Waals surface area contributed by atoms with Gasteiger partial charge in [0.2, 0.25) is 5.91 Å². The molecule has 2 atom stereocenters. The summed E-state index contributed by atoms with van der Waals surface area (Å²) in [7, 11) is 0. The monoisotopic (exact) mass is 520 g/mol. The predicted molar refractivity (Wildman–Crippen MR) is 129 cm³/mol. The van der Waals surface area contributed by atoms with Crippen LogP contribution < -0.4 is 20.9 Å². The number of fused-ring (bicyclic) bond motifs is 2. The highest BCUT2D eigenvalue weighted by Crippen LogP contribution is 2.55. The molecule has 1 aromatic carbocycles. The third-order valence-corrected chi connectivity index (χ3v) is 7.19. The lowest BCUT2D eigenvalue weighted by Crippen LogP contribution is -2.37. The zero-order valence-corrected chi connectivity index (χ0v) is 20.5. The van der Waals surface area contributed by atoms with Crippen LogP contribution in [0, 0.1) is 17.2 Å². The van der Waals surface area contributed by atoms with Crippen LogP contribution >= 0.6 is 0 Å². The van der Waals surface area contributed by atoms with E-state index in [1.807, 2.05) is 0 Å². The number of hydrogen-bond donors (Lipinski definition) is 2. The topological polar surface area (TPSA) is 76.8 Å². The van der Waals surface area contributed by atoms with E-state index in [2.05, 4.69) is 10.6 Å².